The Morgan fingerprint density at radius 2 is 1.59 bits per heavy atom. The number of aromatic carboxylic acids is 1. The molecule has 1 aromatic heterocycles. The largest absolute Gasteiger partial charge is 0.478 e. The summed E-state index contributed by atoms with van der Waals surface area (Å²) in [6.07, 6.45) is 0. The number of halogens is 1. The van der Waals surface area contributed by atoms with Crippen molar-refractivity contribution >= 4 is 34.3 Å². The number of nitrogens with one attached hydrogen (secondary N) is 1. The molecule has 0 saturated heterocycles. The van der Waals surface area contributed by atoms with Crippen LogP contribution in [0, 0.1) is 31.6 Å². The lowest BCUT2D eigenvalue weighted by Gasteiger charge is -2.30. The van der Waals surface area contributed by atoms with Crippen molar-refractivity contribution < 1.29 is 23.1 Å². The van der Waals surface area contributed by atoms with Crippen molar-refractivity contribution in [2.75, 3.05) is 11.3 Å². The highest BCUT2D eigenvalue weighted by Gasteiger charge is 2.26. The van der Waals surface area contributed by atoms with Gasteiger partial charge in [0, 0.05) is 17.7 Å². The Hall–Kier alpha value is -3.21. The first kappa shape index (κ1) is 32.0. The lowest BCUT2D eigenvalue weighted by atomic mass is 9.80. The van der Waals surface area contributed by atoms with Gasteiger partial charge in [-0.25, -0.2) is 22.9 Å². The molecule has 3 rings (SSSR count). The van der Waals surface area contributed by atoms with Gasteiger partial charge in [-0.15, -0.1) is 12.4 Å². The minimum Gasteiger partial charge on any atom is -0.478 e. The number of rotatable bonds is 11. The molecule has 0 radical (unpaired) electrons. The third-order valence-corrected chi connectivity index (χ3v) is 7.84. The molecule has 2 aromatic carbocycles. The van der Waals surface area contributed by atoms with E-state index in [9.17, 15) is 18.3 Å². The van der Waals surface area contributed by atoms with E-state index in [0.29, 0.717) is 17.5 Å². The number of hydrogen-bond acceptors (Lipinski definition) is 7. The first-order valence-corrected chi connectivity index (χ1v) is 14.0. The second-order valence-corrected chi connectivity index (χ2v) is 11.8. The van der Waals surface area contributed by atoms with Crippen LogP contribution >= 0.6 is 12.4 Å². The van der Waals surface area contributed by atoms with Gasteiger partial charge >= 0.3 is 5.97 Å². The van der Waals surface area contributed by atoms with Gasteiger partial charge in [0.05, 0.1) is 16.2 Å². The van der Waals surface area contributed by atoms with Crippen LogP contribution in [0.2, 0.25) is 0 Å². The van der Waals surface area contributed by atoms with Crippen molar-refractivity contribution in [3.63, 3.8) is 0 Å². The molecule has 39 heavy (non-hydrogen) atoms. The summed E-state index contributed by atoms with van der Waals surface area (Å²) in [5.41, 5.74) is 9.56. The van der Waals surface area contributed by atoms with Crippen LogP contribution in [0.4, 0.5) is 5.95 Å². The van der Waals surface area contributed by atoms with Gasteiger partial charge in [-0.1, -0.05) is 52.0 Å². The van der Waals surface area contributed by atoms with Crippen LogP contribution in [0.3, 0.4) is 0 Å². The Balaban J connectivity index is 0.00000533. The summed E-state index contributed by atoms with van der Waals surface area (Å²) in [7, 11) is -4.19. The van der Waals surface area contributed by atoms with Crippen LogP contribution in [0.1, 0.15) is 49.2 Å². The monoisotopic (exact) mass is 576 g/mol. The van der Waals surface area contributed by atoms with Crippen molar-refractivity contribution in [1.29, 1.82) is 0 Å². The number of nitrogens with zero attached hydrogens (tertiary/aromatic N) is 2. The van der Waals surface area contributed by atoms with E-state index in [1.54, 1.807) is 6.07 Å². The Kier molecular flexibility index (Phi) is 10.9. The summed E-state index contributed by atoms with van der Waals surface area (Å²) in [5.74, 6) is -0.325. The summed E-state index contributed by atoms with van der Waals surface area (Å²) < 4.78 is 34.7. The molecule has 0 fully saturated rings. The fourth-order valence-electron chi connectivity index (χ4n) is 4.92. The van der Waals surface area contributed by atoms with E-state index in [0.717, 1.165) is 22.8 Å². The third-order valence-electron chi connectivity index (χ3n) is 6.51. The van der Waals surface area contributed by atoms with E-state index in [1.807, 2.05) is 32.0 Å². The molecule has 4 N–H and O–H groups in total. The maximum absolute atomic E-state index is 13.1. The lowest BCUT2D eigenvalue weighted by molar-refractivity contribution is 0.0696. The maximum atomic E-state index is 13.1. The molecule has 0 aliphatic rings. The van der Waals surface area contributed by atoms with Crippen LogP contribution in [-0.2, 0) is 10.0 Å². The summed E-state index contributed by atoms with van der Waals surface area (Å²) >= 11 is 0. The molecule has 1 atom stereocenters. The molecule has 11 heteroatoms. The average molecular weight is 577 g/mol. The highest BCUT2D eigenvalue weighted by Crippen LogP contribution is 2.30. The number of carboxylic acid groups (broad SMARTS) is 1. The zero-order chi connectivity index (χ0) is 28.2. The quantitative estimate of drug-likeness (QED) is 0.278. The number of ether oxygens (including phenoxy) is 1. The second-order valence-electron chi connectivity index (χ2n) is 10.2. The number of aryl methyl sites for hydroxylation is 2. The number of anilines is 1. The van der Waals surface area contributed by atoms with Gasteiger partial charge in [-0.05, 0) is 60.9 Å². The van der Waals surface area contributed by atoms with Gasteiger partial charge in [0.1, 0.15) is 6.61 Å². The molecule has 0 saturated carbocycles. The fourth-order valence-corrected chi connectivity index (χ4v) is 5.91. The molecule has 0 amide bonds. The Morgan fingerprint density at radius 1 is 1.00 bits per heavy atom. The second kappa shape index (κ2) is 13.2. The smallest absolute Gasteiger partial charge is 0.335 e. The topological polar surface area (TPSA) is 144 Å². The molecule has 0 aliphatic heterocycles. The van der Waals surface area contributed by atoms with Crippen molar-refractivity contribution in [3.05, 3.63) is 65.2 Å². The van der Waals surface area contributed by atoms with Crippen LogP contribution in [0.25, 0.3) is 11.3 Å². The SMILES string of the molecule is Cc1cccc(C)c1-c1cc(OCC(N)C(C(C)C)C(C)C)nc(NS(=O)(=O)c2cccc(C(=O)O)c2)n1.Cl. The number of aromatic nitrogens is 2. The molecule has 212 valence electrons. The highest BCUT2D eigenvalue weighted by atomic mass is 35.5. The molecule has 1 heterocycles. The summed E-state index contributed by atoms with van der Waals surface area (Å²) in [6, 6.07) is 12.3. The predicted molar refractivity (Wildman–Crippen MR) is 155 cm³/mol. The minimum atomic E-state index is -4.19. The Bertz CT molecular complexity index is 1380. The van der Waals surface area contributed by atoms with Gasteiger partial charge in [-0.2, -0.15) is 4.98 Å². The predicted octanol–water partition coefficient (Wildman–Crippen LogP) is 5.32. The van der Waals surface area contributed by atoms with E-state index in [1.165, 1.54) is 18.2 Å². The van der Waals surface area contributed by atoms with Gasteiger partial charge in [0.2, 0.25) is 11.8 Å². The summed E-state index contributed by atoms with van der Waals surface area (Å²) in [5, 5.41) is 9.26. The molecular weight excluding hydrogens is 540 g/mol. The fraction of sp³-hybridized carbons (Fsp3) is 0.393. The highest BCUT2D eigenvalue weighted by molar-refractivity contribution is 7.92. The average Bonchev–Trinajstić information content (AvgIpc) is 2.82. The molecular formula is C28H37ClN4O5S. The van der Waals surface area contributed by atoms with Crippen LogP contribution in [0.5, 0.6) is 5.88 Å². The molecule has 0 bridgehead atoms. The van der Waals surface area contributed by atoms with Gasteiger partial charge in [-0.3, -0.25) is 0 Å². The number of carboxylic acids is 1. The van der Waals surface area contributed by atoms with E-state index in [-0.39, 0.29) is 53.3 Å². The van der Waals surface area contributed by atoms with Gasteiger partial charge in [0.15, 0.2) is 0 Å². The van der Waals surface area contributed by atoms with Gasteiger partial charge < -0.3 is 15.6 Å². The van der Waals surface area contributed by atoms with Crippen LogP contribution in [0.15, 0.2) is 53.4 Å². The number of sulfonamides is 1. The summed E-state index contributed by atoms with van der Waals surface area (Å²) in [6.45, 7) is 12.6. The Labute approximate surface area is 236 Å². The third kappa shape index (κ3) is 7.90. The zero-order valence-corrected chi connectivity index (χ0v) is 24.6. The van der Waals surface area contributed by atoms with Crippen molar-refractivity contribution in [2.24, 2.45) is 23.5 Å². The van der Waals surface area contributed by atoms with Crippen LogP contribution in [-0.4, -0.2) is 42.1 Å². The van der Waals surface area contributed by atoms with Crippen molar-refractivity contribution in [1.82, 2.24) is 9.97 Å². The van der Waals surface area contributed by atoms with E-state index in [4.69, 9.17) is 10.5 Å². The van der Waals surface area contributed by atoms with E-state index in [2.05, 4.69) is 42.4 Å². The molecule has 0 spiro atoms. The molecule has 1 unspecified atom stereocenters. The Morgan fingerprint density at radius 3 is 2.15 bits per heavy atom. The maximum Gasteiger partial charge on any atom is 0.335 e. The van der Waals surface area contributed by atoms with E-state index < -0.39 is 16.0 Å². The van der Waals surface area contributed by atoms with Crippen molar-refractivity contribution in [2.45, 2.75) is 52.5 Å². The summed E-state index contributed by atoms with van der Waals surface area (Å²) in [4.78, 5) is 19.9. The first-order valence-electron chi connectivity index (χ1n) is 12.5. The zero-order valence-electron chi connectivity index (χ0n) is 23.0. The molecule has 0 aliphatic carbocycles. The standard InChI is InChI=1S/C28H36N4O5S.ClH/c1-16(2)25(17(3)4)22(29)15-37-24-14-23(26-18(5)9-7-10-19(26)6)30-28(31-24)32-38(35,36)21-12-8-11-20(13-21)27(33)34;/h7-14,16-17,22,25H,15,29H2,1-6H3,(H,33,34)(H,30,31,32);1H. The van der Waals surface area contributed by atoms with Gasteiger partial charge in [0.25, 0.3) is 10.0 Å². The normalized spacial score (nSPS) is 12.4. The number of hydrogen-bond donors (Lipinski definition) is 3. The molecule has 9 nitrogen and oxygen atoms in total. The molecule has 3 aromatic rings. The number of carbonyl (C=O) groups is 1. The number of benzene rings is 2. The lowest BCUT2D eigenvalue weighted by Crippen LogP contribution is -2.41. The van der Waals surface area contributed by atoms with E-state index >= 15 is 0 Å². The van der Waals surface area contributed by atoms with Crippen molar-refractivity contribution in [3.8, 4) is 17.1 Å². The number of nitrogens with two attached hydrogens (primary N) is 1. The first-order chi connectivity index (χ1) is 17.8. The minimum absolute atomic E-state index is 0. The van der Waals surface area contributed by atoms with Crippen LogP contribution < -0.4 is 15.2 Å².